The first-order valence-electron chi connectivity index (χ1n) is 9.12. The van der Waals surface area contributed by atoms with Crippen molar-refractivity contribution in [3.05, 3.63) is 35.9 Å². The van der Waals surface area contributed by atoms with Crippen LogP contribution >= 0.6 is 0 Å². The lowest BCUT2D eigenvalue weighted by Crippen LogP contribution is -2.46. The molecule has 1 aromatic rings. The van der Waals surface area contributed by atoms with Crippen LogP contribution in [-0.2, 0) is 19.1 Å². The van der Waals surface area contributed by atoms with E-state index in [1.807, 2.05) is 49.1 Å². The van der Waals surface area contributed by atoms with Gasteiger partial charge in [0.25, 0.3) is 0 Å². The second-order valence-electron chi connectivity index (χ2n) is 6.86. The minimum absolute atomic E-state index is 0.00251. The maximum absolute atomic E-state index is 13.1. The summed E-state index contributed by atoms with van der Waals surface area (Å²) in [6.07, 6.45) is 0.263. The fourth-order valence-electron chi connectivity index (χ4n) is 3.49. The van der Waals surface area contributed by atoms with Crippen LogP contribution in [0.25, 0.3) is 0 Å². The molecule has 0 bridgehead atoms. The van der Waals surface area contributed by atoms with E-state index >= 15 is 0 Å². The van der Waals surface area contributed by atoms with Crippen LogP contribution in [0.4, 0.5) is 0 Å². The standard InChI is InChI=1S/C20H30N2O4/c1-15(14-26-4)21(10-11-25-3)20(24)18-12-19(23)22(13-18)16(2)17-8-6-5-7-9-17/h5-9,15-16,18H,10-14H2,1-4H3/t15-,16+,18+/m0/s1. The molecule has 2 rings (SSSR count). The summed E-state index contributed by atoms with van der Waals surface area (Å²) in [6, 6.07) is 9.82. The predicted octanol–water partition coefficient (Wildman–Crippen LogP) is 2.11. The molecule has 0 aromatic heterocycles. The molecule has 0 radical (unpaired) electrons. The van der Waals surface area contributed by atoms with Crippen molar-refractivity contribution in [2.75, 3.05) is 40.5 Å². The van der Waals surface area contributed by atoms with Gasteiger partial charge in [-0.05, 0) is 19.4 Å². The number of carbonyl (C=O) groups is 2. The highest BCUT2D eigenvalue weighted by Gasteiger charge is 2.39. The summed E-state index contributed by atoms with van der Waals surface area (Å²) in [4.78, 5) is 29.2. The Morgan fingerprint density at radius 3 is 2.54 bits per heavy atom. The van der Waals surface area contributed by atoms with Gasteiger partial charge in [-0.2, -0.15) is 0 Å². The summed E-state index contributed by atoms with van der Waals surface area (Å²) in [5.74, 6) is -0.279. The SMILES string of the molecule is COCCN(C(=O)[C@@H]1CC(=O)N([C@H](C)c2ccccc2)C1)[C@@H](C)COC. The zero-order chi connectivity index (χ0) is 19.1. The van der Waals surface area contributed by atoms with Crippen molar-refractivity contribution in [3.63, 3.8) is 0 Å². The van der Waals surface area contributed by atoms with Crippen LogP contribution in [0.5, 0.6) is 0 Å². The number of rotatable bonds is 9. The molecular weight excluding hydrogens is 332 g/mol. The summed E-state index contributed by atoms with van der Waals surface area (Å²) in [6.45, 7) is 5.84. The highest BCUT2D eigenvalue weighted by Crippen LogP contribution is 2.29. The van der Waals surface area contributed by atoms with E-state index in [9.17, 15) is 9.59 Å². The van der Waals surface area contributed by atoms with E-state index < -0.39 is 0 Å². The molecule has 1 heterocycles. The van der Waals surface area contributed by atoms with Gasteiger partial charge < -0.3 is 19.3 Å². The van der Waals surface area contributed by atoms with Gasteiger partial charge in [0.2, 0.25) is 11.8 Å². The Bertz CT molecular complexity index is 593. The van der Waals surface area contributed by atoms with Crippen molar-refractivity contribution in [1.82, 2.24) is 9.80 Å². The number of likely N-dealkylation sites (tertiary alicyclic amines) is 1. The van der Waals surface area contributed by atoms with Gasteiger partial charge in [0.05, 0.1) is 31.2 Å². The number of hydrogen-bond donors (Lipinski definition) is 0. The van der Waals surface area contributed by atoms with Crippen LogP contribution in [0.1, 0.15) is 31.9 Å². The summed E-state index contributed by atoms with van der Waals surface area (Å²) in [7, 11) is 3.24. The van der Waals surface area contributed by atoms with E-state index in [0.717, 1.165) is 5.56 Å². The van der Waals surface area contributed by atoms with Crippen molar-refractivity contribution >= 4 is 11.8 Å². The maximum Gasteiger partial charge on any atom is 0.228 e. The monoisotopic (exact) mass is 362 g/mol. The van der Waals surface area contributed by atoms with Gasteiger partial charge in [0.15, 0.2) is 0 Å². The molecule has 2 amide bonds. The van der Waals surface area contributed by atoms with Crippen molar-refractivity contribution in [3.8, 4) is 0 Å². The van der Waals surface area contributed by atoms with Gasteiger partial charge in [-0.3, -0.25) is 9.59 Å². The lowest BCUT2D eigenvalue weighted by atomic mass is 10.1. The van der Waals surface area contributed by atoms with Gasteiger partial charge in [-0.15, -0.1) is 0 Å². The smallest absolute Gasteiger partial charge is 0.228 e. The van der Waals surface area contributed by atoms with E-state index in [0.29, 0.717) is 26.3 Å². The molecule has 0 unspecified atom stereocenters. The molecule has 0 spiro atoms. The second-order valence-corrected chi connectivity index (χ2v) is 6.86. The molecule has 0 N–H and O–H groups in total. The minimum atomic E-state index is -0.315. The molecule has 0 saturated carbocycles. The van der Waals surface area contributed by atoms with Crippen molar-refractivity contribution in [2.45, 2.75) is 32.4 Å². The summed E-state index contributed by atoms with van der Waals surface area (Å²) in [5, 5.41) is 0. The molecule has 6 nitrogen and oxygen atoms in total. The van der Waals surface area contributed by atoms with E-state index in [-0.39, 0.29) is 36.2 Å². The fraction of sp³-hybridized carbons (Fsp3) is 0.600. The third-order valence-corrected chi connectivity index (χ3v) is 5.02. The summed E-state index contributed by atoms with van der Waals surface area (Å²) < 4.78 is 10.3. The van der Waals surface area contributed by atoms with Crippen molar-refractivity contribution in [1.29, 1.82) is 0 Å². The third kappa shape index (κ3) is 4.83. The first-order valence-corrected chi connectivity index (χ1v) is 9.12. The topological polar surface area (TPSA) is 59.1 Å². The lowest BCUT2D eigenvalue weighted by Gasteiger charge is -2.31. The zero-order valence-corrected chi connectivity index (χ0v) is 16.2. The Morgan fingerprint density at radius 1 is 1.23 bits per heavy atom. The number of methoxy groups -OCH3 is 2. The van der Waals surface area contributed by atoms with Crippen LogP contribution in [0, 0.1) is 5.92 Å². The fourth-order valence-corrected chi connectivity index (χ4v) is 3.49. The normalized spacial score (nSPS) is 19.5. The molecule has 1 saturated heterocycles. The number of carbonyl (C=O) groups excluding carboxylic acids is 2. The van der Waals surface area contributed by atoms with E-state index in [2.05, 4.69) is 0 Å². The molecule has 1 aromatic carbocycles. The average molecular weight is 362 g/mol. The van der Waals surface area contributed by atoms with E-state index in [1.54, 1.807) is 19.1 Å². The quantitative estimate of drug-likeness (QED) is 0.675. The Hall–Kier alpha value is -1.92. The molecular formula is C20H30N2O4. The highest BCUT2D eigenvalue weighted by molar-refractivity contribution is 5.89. The Balaban J connectivity index is 2.08. The number of amides is 2. The van der Waals surface area contributed by atoms with Crippen LogP contribution in [0.3, 0.4) is 0 Å². The summed E-state index contributed by atoms with van der Waals surface area (Å²) in [5.41, 5.74) is 1.08. The molecule has 1 aliphatic rings. The molecule has 0 aliphatic carbocycles. The molecule has 1 aliphatic heterocycles. The van der Waals surface area contributed by atoms with Crippen LogP contribution in [0.15, 0.2) is 30.3 Å². The minimum Gasteiger partial charge on any atom is -0.383 e. The average Bonchev–Trinajstić information content (AvgIpc) is 3.04. The maximum atomic E-state index is 13.1. The number of ether oxygens (including phenoxy) is 2. The molecule has 1 fully saturated rings. The lowest BCUT2D eigenvalue weighted by molar-refractivity contribution is -0.139. The van der Waals surface area contributed by atoms with Crippen LogP contribution in [-0.4, -0.2) is 68.2 Å². The second kappa shape index (κ2) is 9.69. The van der Waals surface area contributed by atoms with Gasteiger partial charge in [0.1, 0.15) is 0 Å². The number of benzene rings is 1. The Labute approximate surface area is 156 Å². The van der Waals surface area contributed by atoms with Crippen LogP contribution in [0.2, 0.25) is 0 Å². The first-order chi connectivity index (χ1) is 12.5. The molecule has 3 atom stereocenters. The van der Waals surface area contributed by atoms with Crippen molar-refractivity contribution < 1.29 is 19.1 Å². The predicted molar refractivity (Wildman–Crippen MR) is 99.6 cm³/mol. The number of hydrogen-bond acceptors (Lipinski definition) is 4. The molecule has 26 heavy (non-hydrogen) atoms. The van der Waals surface area contributed by atoms with Gasteiger partial charge in [-0.1, -0.05) is 30.3 Å². The van der Waals surface area contributed by atoms with Crippen molar-refractivity contribution in [2.24, 2.45) is 5.92 Å². The Morgan fingerprint density at radius 2 is 1.92 bits per heavy atom. The molecule has 144 valence electrons. The molecule has 6 heteroatoms. The highest BCUT2D eigenvalue weighted by atomic mass is 16.5. The van der Waals surface area contributed by atoms with Gasteiger partial charge in [-0.25, -0.2) is 0 Å². The van der Waals surface area contributed by atoms with E-state index in [4.69, 9.17) is 9.47 Å². The first kappa shape index (κ1) is 20.4. The number of nitrogens with zero attached hydrogens (tertiary/aromatic N) is 2. The Kier molecular flexibility index (Phi) is 7.60. The van der Waals surface area contributed by atoms with Gasteiger partial charge in [0, 0.05) is 33.7 Å². The van der Waals surface area contributed by atoms with Gasteiger partial charge >= 0.3 is 0 Å². The van der Waals surface area contributed by atoms with Crippen LogP contribution < -0.4 is 0 Å². The third-order valence-electron chi connectivity index (χ3n) is 5.02. The largest absolute Gasteiger partial charge is 0.383 e. The summed E-state index contributed by atoms with van der Waals surface area (Å²) >= 11 is 0. The van der Waals surface area contributed by atoms with E-state index in [1.165, 1.54) is 0 Å². The zero-order valence-electron chi connectivity index (χ0n) is 16.2.